The van der Waals surface area contributed by atoms with Crippen molar-refractivity contribution in [1.29, 1.82) is 0 Å². The Kier molecular flexibility index (Phi) is 9.09. The summed E-state index contributed by atoms with van der Waals surface area (Å²) in [5, 5.41) is 6.98. The van der Waals surface area contributed by atoms with E-state index >= 15 is 0 Å². The Morgan fingerprint density at radius 3 is 2.35 bits per heavy atom. The maximum absolute atomic E-state index is 13.8. The van der Waals surface area contributed by atoms with Crippen LogP contribution in [0.2, 0.25) is 15.1 Å². The SMILES string of the molecule is O=C(N[C@H](C(=O)N1CCC[C@H]1C(=O)NCCc1ccccc1Cl)c1ccccc1)c1ccc(Cl)c(Cl)c1. The fourth-order valence-electron chi connectivity index (χ4n) is 4.39. The van der Waals surface area contributed by atoms with Crippen molar-refractivity contribution in [2.75, 3.05) is 13.1 Å². The Labute approximate surface area is 230 Å². The van der Waals surface area contributed by atoms with Gasteiger partial charge in [-0.15, -0.1) is 0 Å². The Bertz CT molecular complexity index is 1290. The first-order valence-electron chi connectivity index (χ1n) is 12.0. The minimum absolute atomic E-state index is 0.222. The molecule has 192 valence electrons. The predicted octanol–water partition coefficient (Wildman–Crippen LogP) is 5.47. The number of carbonyl (C=O) groups is 3. The number of nitrogens with zero attached hydrogens (tertiary/aromatic N) is 1. The molecule has 0 spiro atoms. The molecule has 1 saturated heterocycles. The molecule has 0 saturated carbocycles. The highest BCUT2D eigenvalue weighted by molar-refractivity contribution is 6.42. The average Bonchev–Trinajstić information content (AvgIpc) is 3.40. The van der Waals surface area contributed by atoms with Crippen LogP contribution in [0, 0.1) is 0 Å². The highest BCUT2D eigenvalue weighted by Crippen LogP contribution is 2.26. The van der Waals surface area contributed by atoms with E-state index in [1.165, 1.54) is 12.1 Å². The number of hydrogen-bond acceptors (Lipinski definition) is 3. The Hall–Kier alpha value is -3.06. The van der Waals surface area contributed by atoms with E-state index in [0.717, 1.165) is 5.56 Å². The van der Waals surface area contributed by atoms with Gasteiger partial charge in [-0.05, 0) is 54.7 Å². The van der Waals surface area contributed by atoms with Gasteiger partial charge in [0, 0.05) is 23.7 Å². The molecule has 2 N–H and O–H groups in total. The summed E-state index contributed by atoms with van der Waals surface area (Å²) in [7, 11) is 0. The second kappa shape index (κ2) is 12.5. The molecule has 3 amide bonds. The maximum atomic E-state index is 13.8. The van der Waals surface area contributed by atoms with Crippen molar-refractivity contribution in [3.63, 3.8) is 0 Å². The van der Waals surface area contributed by atoms with Gasteiger partial charge in [0.2, 0.25) is 11.8 Å². The molecule has 0 bridgehead atoms. The molecule has 0 radical (unpaired) electrons. The molecule has 3 aromatic rings. The summed E-state index contributed by atoms with van der Waals surface area (Å²) in [5.74, 6) is -1.04. The van der Waals surface area contributed by atoms with Crippen LogP contribution in [-0.2, 0) is 16.0 Å². The molecule has 0 aliphatic carbocycles. The third kappa shape index (κ3) is 6.63. The minimum atomic E-state index is -0.973. The van der Waals surface area contributed by atoms with Crippen LogP contribution in [0.5, 0.6) is 0 Å². The normalized spacial score (nSPS) is 15.8. The maximum Gasteiger partial charge on any atom is 0.252 e. The van der Waals surface area contributed by atoms with E-state index in [1.54, 1.807) is 35.2 Å². The summed E-state index contributed by atoms with van der Waals surface area (Å²) in [4.78, 5) is 41.4. The first kappa shape index (κ1) is 27.0. The van der Waals surface area contributed by atoms with Crippen molar-refractivity contribution >= 4 is 52.5 Å². The Morgan fingerprint density at radius 1 is 0.892 bits per heavy atom. The number of carbonyl (C=O) groups excluding carboxylic acids is 3. The molecule has 1 fully saturated rings. The van der Waals surface area contributed by atoms with Crippen LogP contribution in [0.1, 0.15) is 40.4 Å². The summed E-state index contributed by atoms with van der Waals surface area (Å²) in [6.45, 7) is 0.824. The van der Waals surface area contributed by atoms with Gasteiger partial charge in [0.15, 0.2) is 0 Å². The monoisotopic (exact) mass is 557 g/mol. The van der Waals surface area contributed by atoms with E-state index in [2.05, 4.69) is 10.6 Å². The molecule has 4 rings (SSSR count). The first-order chi connectivity index (χ1) is 17.8. The molecule has 1 aliphatic heterocycles. The molecule has 6 nitrogen and oxygen atoms in total. The van der Waals surface area contributed by atoms with E-state index in [4.69, 9.17) is 34.8 Å². The van der Waals surface area contributed by atoms with Crippen LogP contribution in [0.3, 0.4) is 0 Å². The van der Waals surface area contributed by atoms with Gasteiger partial charge in [-0.2, -0.15) is 0 Å². The summed E-state index contributed by atoms with van der Waals surface area (Å²) in [6, 6.07) is 19.4. The lowest BCUT2D eigenvalue weighted by molar-refractivity contribution is -0.140. The van der Waals surface area contributed by atoms with Crippen molar-refractivity contribution in [3.8, 4) is 0 Å². The minimum Gasteiger partial charge on any atom is -0.354 e. The van der Waals surface area contributed by atoms with Gasteiger partial charge >= 0.3 is 0 Å². The lowest BCUT2D eigenvalue weighted by Crippen LogP contribution is -2.50. The molecule has 9 heteroatoms. The van der Waals surface area contributed by atoms with Gasteiger partial charge in [0.05, 0.1) is 10.0 Å². The second-order valence-corrected chi connectivity index (χ2v) is 9.99. The fourth-order valence-corrected chi connectivity index (χ4v) is 4.92. The van der Waals surface area contributed by atoms with Crippen LogP contribution >= 0.6 is 34.8 Å². The first-order valence-corrected chi connectivity index (χ1v) is 13.1. The number of rotatable bonds is 8. The van der Waals surface area contributed by atoms with E-state index in [0.29, 0.717) is 48.0 Å². The lowest BCUT2D eigenvalue weighted by Gasteiger charge is -2.29. The van der Waals surface area contributed by atoms with Gasteiger partial charge in [0.25, 0.3) is 5.91 Å². The Balaban J connectivity index is 1.48. The predicted molar refractivity (Wildman–Crippen MR) is 146 cm³/mol. The van der Waals surface area contributed by atoms with Gasteiger partial charge in [-0.3, -0.25) is 14.4 Å². The lowest BCUT2D eigenvalue weighted by atomic mass is 10.0. The van der Waals surface area contributed by atoms with Crippen LogP contribution in [0.4, 0.5) is 0 Å². The quantitative estimate of drug-likeness (QED) is 0.385. The third-order valence-corrected chi connectivity index (χ3v) is 7.43. The summed E-state index contributed by atoms with van der Waals surface area (Å²) in [6.07, 6.45) is 1.82. The molecule has 1 heterocycles. The number of halogens is 3. The zero-order chi connectivity index (χ0) is 26.4. The zero-order valence-corrected chi connectivity index (χ0v) is 22.2. The van der Waals surface area contributed by atoms with Gasteiger partial charge in [-0.1, -0.05) is 83.3 Å². The standard InChI is InChI=1S/C28H26Cl3N3O3/c29-21-10-5-4-7-18(21)14-15-32-27(36)24-11-6-16-34(24)28(37)25(19-8-2-1-3-9-19)33-26(35)20-12-13-22(30)23(31)17-20/h1-5,7-10,12-13,17,24-25H,6,11,14-16H2,(H,32,36)(H,33,35)/t24-,25-/m0/s1. The van der Waals surface area contributed by atoms with Crippen LogP contribution in [-0.4, -0.2) is 41.8 Å². The van der Waals surface area contributed by atoms with E-state index in [9.17, 15) is 14.4 Å². The molecule has 2 atom stereocenters. The largest absolute Gasteiger partial charge is 0.354 e. The number of amides is 3. The van der Waals surface area contributed by atoms with Crippen molar-refractivity contribution in [1.82, 2.24) is 15.5 Å². The highest BCUT2D eigenvalue weighted by atomic mass is 35.5. The molecule has 3 aromatic carbocycles. The molecule has 0 unspecified atom stereocenters. The Morgan fingerprint density at radius 2 is 1.62 bits per heavy atom. The highest BCUT2D eigenvalue weighted by Gasteiger charge is 2.38. The summed E-state index contributed by atoms with van der Waals surface area (Å²) >= 11 is 18.3. The van der Waals surface area contributed by atoms with Crippen LogP contribution < -0.4 is 10.6 Å². The molecule has 1 aliphatic rings. The fraction of sp³-hybridized carbons (Fsp3) is 0.250. The van der Waals surface area contributed by atoms with Crippen molar-refractivity contribution in [2.45, 2.75) is 31.3 Å². The topological polar surface area (TPSA) is 78.5 Å². The molecule has 0 aromatic heterocycles. The van der Waals surface area contributed by atoms with Crippen molar-refractivity contribution in [3.05, 3.63) is 105 Å². The second-order valence-electron chi connectivity index (χ2n) is 8.77. The van der Waals surface area contributed by atoms with Gasteiger partial charge in [0.1, 0.15) is 12.1 Å². The summed E-state index contributed by atoms with van der Waals surface area (Å²) in [5.41, 5.74) is 1.84. The summed E-state index contributed by atoms with van der Waals surface area (Å²) < 4.78 is 0. The number of likely N-dealkylation sites (tertiary alicyclic amines) is 1. The third-order valence-electron chi connectivity index (χ3n) is 6.33. The van der Waals surface area contributed by atoms with Crippen molar-refractivity contribution in [2.24, 2.45) is 0 Å². The van der Waals surface area contributed by atoms with Crippen LogP contribution in [0.15, 0.2) is 72.8 Å². The average molecular weight is 559 g/mol. The van der Waals surface area contributed by atoms with Crippen LogP contribution in [0.25, 0.3) is 0 Å². The number of nitrogens with one attached hydrogen (secondary N) is 2. The van der Waals surface area contributed by atoms with E-state index in [1.807, 2.05) is 30.3 Å². The van der Waals surface area contributed by atoms with E-state index in [-0.39, 0.29) is 22.4 Å². The molecular weight excluding hydrogens is 533 g/mol. The number of benzene rings is 3. The van der Waals surface area contributed by atoms with Gasteiger partial charge in [-0.25, -0.2) is 0 Å². The molecule has 37 heavy (non-hydrogen) atoms. The van der Waals surface area contributed by atoms with E-state index < -0.39 is 18.0 Å². The van der Waals surface area contributed by atoms with Crippen molar-refractivity contribution < 1.29 is 14.4 Å². The molecular formula is C28H26Cl3N3O3. The zero-order valence-electron chi connectivity index (χ0n) is 19.9. The van der Waals surface area contributed by atoms with Gasteiger partial charge < -0.3 is 15.5 Å². The smallest absolute Gasteiger partial charge is 0.252 e. The number of hydrogen-bond donors (Lipinski definition) is 2.